The molecular weight excluding hydrogens is 307 g/mol. The highest BCUT2D eigenvalue weighted by atomic mass is 79.9. The largest absolute Gasteiger partial charge is 0.497 e. The Hall–Kier alpha value is -0.515. The summed E-state index contributed by atoms with van der Waals surface area (Å²) >= 11 is 3.51. The van der Waals surface area contributed by atoms with Gasteiger partial charge in [-0.2, -0.15) is 0 Å². The van der Waals surface area contributed by atoms with Crippen LogP contribution in [0.15, 0.2) is 18.2 Å². The Balaban J connectivity index is 2.34. The number of rotatable bonds is 3. The second-order valence-electron chi connectivity index (χ2n) is 5.79. The third kappa shape index (κ3) is 2.69. The van der Waals surface area contributed by atoms with Crippen molar-refractivity contribution in [2.45, 2.75) is 44.2 Å². The van der Waals surface area contributed by atoms with E-state index in [-0.39, 0.29) is 18.3 Å². The maximum atomic E-state index is 6.08. The van der Waals surface area contributed by atoms with Crippen LogP contribution in [0.25, 0.3) is 0 Å². The first kappa shape index (κ1) is 14.9. The van der Waals surface area contributed by atoms with E-state index < -0.39 is 0 Å². The van der Waals surface area contributed by atoms with E-state index in [0.29, 0.717) is 0 Å². The van der Waals surface area contributed by atoms with E-state index in [1.165, 1.54) is 0 Å². The fraction of sp³-hybridized carbons (Fsp3) is 0.571. The van der Waals surface area contributed by atoms with Gasteiger partial charge in [0, 0.05) is 5.33 Å². The highest BCUT2D eigenvalue weighted by Crippen LogP contribution is 2.36. The minimum absolute atomic E-state index is 0.318. The predicted octanol–water partition coefficient (Wildman–Crippen LogP) is 2.89. The fourth-order valence-corrected chi connectivity index (χ4v) is 2.51. The summed E-state index contributed by atoms with van der Waals surface area (Å²) in [6.45, 7) is 8.24. The molecule has 19 heavy (non-hydrogen) atoms. The van der Waals surface area contributed by atoms with Gasteiger partial charge in [-0.15, -0.1) is 0 Å². The molecule has 1 heterocycles. The summed E-state index contributed by atoms with van der Waals surface area (Å²) in [6.07, 6.45) is 0. The van der Waals surface area contributed by atoms with Gasteiger partial charge in [-0.25, -0.2) is 0 Å². The van der Waals surface area contributed by atoms with Gasteiger partial charge in [-0.1, -0.05) is 22.0 Å². The van der Waals surface area contributed by atoms with E-state index in [0.717, 1.165) is 22.1 Å². The van der Waals surface area contributed by atoms with Crippen molar-refractivity contribution in [3.05, 3.63) is 23.8 Å². The average molecular weight is 327 g/mol. The van der Waals surface area contributed by atoms with Crippen LogP contribution >= 0.6 is 15.9 Å². The molecule has 3 nitrogen and oxygen atoms in total. The molecule has 1 fully saturated rings. The highest BCUT2D eigenvalue weighted by molar-refractivity contribution is 9.08. The van der Waals surface area contributed by atoms with Gasteiger partial charge in [0.1, 0.15) is 5.75 Å². The molecule has 2 rings (SSSR count). The number of hydrogen-bond donors (Lipinski definition) is 0. The first-order valence-electron chi connectivity index (χ1n) is 6.39. The Morgan fingerprint density at radius 2 is 1.74 bits per heavy atom. The van der Waals surface area contributed by atoms with Gasteiger partial charge in [-0.05, 0) is 50.9 Å². The monoisotopic (exact) mass is 326 g/mol. The van der Waals surface area contributed by atoms with Gasteiger partial charge < -0.3 is 14.0 Å². The Bertz CT molecular complexity index is 458. The molecule has 0 saturated carbocycles. The van der Waals surface area contributed by atoms with E-state index >= 15 is 0 Å². The van der Waals surface area contributed by atoms with Gasteiger partial charge in [0.15, 0.2) is 0 Å². The van der Waals surface area contributed by atoms with E-state index in [1.54, 1.807) is 7.11 Å². The van der Waals surface area contributed by atoms with Crippen molar-refractivity contribution >= 4 is 28.5 Å². The number of alkyl halides is 1. The third-order valence-electron chi connectivity index (χ3n) is 4.00. The molecule has 1 aliphatic rings. The SMILES string of the molecule is COc1ccc(B2OC(C)(C)C(C)(C)O2)c(CBr)c1. The lowest BCUT2D eigenvalue weighted by atomic mass is 9.76. The van der Waals surface area contributed by atoms with Crippen LogP contribution in [0, 0.1) is 0 Å². The molecule has 0 aromatic heterocycles. The molecule has 1 saturated heterocycles. The Morgan fingerprint density at radius 3 is 2.21 bits per heavy atom. The third-order valence-corrected chi connectivity index (χ3v) is 4.61. The number of methoxy groups -OCH3 is 1. The summed E-state index contributed by atoms with van der Waals surface area (Å²) in [5, 5.41) is 0.740. The number of ether oxygens (including phenoxy) is 1. The maximum Gasteiger partial charge on any atom is 0.495 e. The summed E-state index contributed by atoms with van der Waals surface area (Å²) in [6, 6.07) is 5.96. The summed E-state index contributed by atoms with van der Waals surface area (Å²) in [5.41, 5.74) is 1.54. The zero-order valence-electron chi connectivity index (χ0n) is 12.1. The number of hydrogen-bond acceptors (Lipinski definition) is 3. The molecule has 0 aliphatic carbocycles. The maximum absolute atomic E-state index is 6.08. The summed E-state index contributed by atoms with van der Waals surface area (Å²) in [5.74, 6) is 0.842. The van der Waals surface area contributed by atoms with Crippen LogP contribution in [0.1, 0.15) is 33.3 Å². The molecule has 0 bridgehead atoms. The second kappa shape index (κ2) is 5.11. The minimum Gasteiger partial charge on any atom is -0.497 e. The van der Waals surface area contributed by atoms with Gasteiger partial charge in [0.25, 0.3) is 0 Å². The van der Waals surface area contributed by atoms with E-state index in [4.69, 9.17) is 14.0 Å². The molecule has 0 atom stereocenters. The summed E-state index contributed by atoms with van der Waals surface area (Å²) < 4.78 is 17.4. The van der Waals surface area contributed by atoms with E-state index in [2.05, 4.69) is 43.6 Å². The van der Waals surface area contributed by atoms with E-state index in [1.807, 2.05) is 18.2 Å². The normalized spacial score (nSPS) is 20.6. The van der Waals surface area contributed by atoms with Gasteiger partial charge in [0.2, 0.25) is 0 Å². The van der Waals surface area contributed by atoms with Crippen LogP contribution in [0.5, 0.6) is 5.75 Å². The molecule has 0 amide bonds. The highest BCUT2D eigenvalue weighted by Gasteiger charge is 2.52. The lowest BCUT2D eigenvalue weighted by Gasteiger charge is -2.32. The van der Waals surface area contributed by atoms with Crippen LogP contribution in [0.4, 0.5) is 0 Å². The smallest absolute Gasteiger partial charge is 0.495 e. The van der Waals surface area contributed by atoms with Crippen molar-refractivity contribution in [3.63, 3.8) is 0 Å². The Labute approximate surface area is 123 Å². The van der Waals surface area contributed by atoms with E-state index in [9.17, 15) is 0 Å². The molecule has 5 heteroatoms. The standard InChI is InChI=1S/C14H20BBrO3/c1-13(2)14(3,4)19-15(18-13)12-7-6-11(17-5)8-10(12)9-16/h6-8H,9H2,1-5H3. The summed E-state index contributed by atoms with van der Waals surface area (Å²) in [7, 11) is 1.34. The average Bonchev–Trinajstić information content (AvgIpc) is 2.57. The lowest BCUT2D eigenvalue weighted by molar-refractivity contribution is 0.00578. The van der Waals surface area contributed by atoms with Crippen molar-refractivity contribution in [2.24, 2.45) is 0 Å². The minimum atomic E-state index is -0.330. The van der Waals surface area contributed by atoms with Crippen molar-refractivity contribution in [2.75, 3.05) is 7.11 Å². The molecule has 0 radical (unpaired) electrons. The number of benzene rings is 1. The quantitative estimate of drug-likeness (QED) is 0.631. The number of halogens is 1. The first-order valence-corrected chi connectivity index (χ1v) is 7.51. The van der Waals surface area contributed by atoms with Crippen LogP contribution in [0.2, 0.25) is 0 Å². The van der Waals surface area contributed by atoms with Gasteiger partial charge in [0.05, 0.1) is 18.3 Å². The van der Waals surface area contributed by atoms with Crippen LogP contribution in [-0.4, -0.2) is 25.4 Å². The molecule has 0 spiro atoms. The lowest BCUT2D eigenvalue weighted by Crippen LogP contribution is -2.41. The molecule has 0 N–H and O–H groups in total. The summed E-state index contributed by atoms with van der Waals surface area (Å²) in [4.78, 5) is 0. The molecule has 1 aromatic rings. The van der Waals surface area contributed by atoms with Gasteiger partial charge >= 0.3 is 7.12 Å². The molecule has 1 aromatic carbocycles. The zero-order valence-corrected chi connectivity index (χ0v) is 13.7. The zero-order chi connectivity index (χ0) is 14.3. The molecular formula is C14H20BBrO3. The topological polar surface area (TPSA) is 27.7 Å². The Kier molecular flexibility index (Phi) is 4.01. The Morgan fingerprint density at radius 1 is 1.16 bits per heavy atom. The van der Waals surface area contributed by atoms with Crippen molar-refractivity contribution < 1.29 is 14.0 Å². The fourth-order valence-electron chi connectivity index (χ4n) is 2.02. The van der Waals surface area contributed by atoms with Crippen molar-refractivity contribution in [1.29, 1.82) is 0 Å². The van der Waals surface area contributed by atoms with Crippen molar-refractivity contribution in [1.82, 2.24) is 0 Å². The predicted molar refractivity (Wildman–Crippen MR) is 81.3 cm³/mol. The first-order chi connectivity index (χ1) is 8.80. The van der Waals surface area contributed by atoms with Crippen LogP contribution in [0.3, 0.4) is 0 Å². The molecule has 1 aliphatic heterocycles. The van der Waals surface area contributed by atoms with Crippen LogP contribution < -0.4 is 10.2 Å². The molecule has 0 unspecified atom stereocenters. The van der Waals surface area contributed by atoms with Crippen LogP contribution in [-0.2, 0) is 14.6 Å². The van der Waals surface area contributed by atoms with Crippen molar-refractivity contribution in [3.8, 4) is 5.75 Å². The second-order valence-corrected chi connectivity index (χ2v) is 6.35. The molecule has 104 valence electrons. The van der Waals surface area contributed by atoms with Gasteiger partial charge in [-0.3, -0.25) is 0 Å².